The molecule has 31 heavy (non-hydrogen) atoms. The Morgan fingerprint density at radius 1 is 1.32 bits per heavy atom. The predicted octanol–water partition coefficient (Wildman–Crippen LogP) is 1.54. The van der Waals surface area contributed by atoms with Crippen molar-refractivity contribution in [2.45, 2.75) is 13.0 Å². The van der Waals surface area contributed by atoms with Gasteiger partial charge in [-0.25, -0.2) is 22.7 Å². The summed E-state index contributed by atoms with van der Waals surface area (Å²) in [5.41, 5.74) is 0.679. The highest BCUT2D eigenvalue weighted by Gasteiger charge is 2.34. The van der Waals surface area contributed by atoms with Gasteiger partial charge in [-0.2, -0.15) is 4.31 Å². The van der Waals surface area contributed by atoms with Gasteiger partial charge >= 0.3 is 11.3 Å². The van der Waals surface area contributed by atoms with E-state index in [2.05, 4.69) is 12.6 Å². The third-order valence-electron chi connectivity index (χ3n) is 5.18. The molecule has 0 aliphatic carbocycles. The molecule has 13 heteroatoms. The maximum atomic E-state index is 14.8. The van der Waals surface area contributed by atoms with Crippen LogP contribution in [0, 0.1) is 5.82 Å². The van der Waals surface area contributed by atoms with Gasteiger partial charge in [0.1, 0.15) is 18.5 Å². The molecule has 0 bridgehead atoms. The molecule has 2 heterocycles. The summed E-state index contributed by atoms with van der Waals surface area (Å²) in [4.78, 5) is 31.5. The zero-order valence-electron chi connectivity index (χ0n) is 17.2. The van der Waals surface area contributed by atoms with Crippen LogP contribution in [0.15, 0.2) is 18.2 Å². The number of hydroxylamine groups is 2. The second-order valence-electron chi connectivity index (χ2n) is 7.11. The number of cyclic esters (lactones) is 1. The molecule has 1 aromatic rings. The number of hydrogen-bond donors (Lipinski definition) is 1. The minimum atomic E-state index is -3.26. The zero-order chi connectivity index (χ0) is 22.8. The predicted molar refractivity (Wildman–Crippen MR) is 115 cm³/mol. The van der Waals surface area contributed by atoms with Gasteiger partial charge < -0.3 is 9.64 Å². The highest BCUT2D eigenvalue weighted by atomic mass is 32.2. The average Bonchev–Trinajstić information content (AvgIpc) is 3.12. The lowest BCUT2D eigenvalue weighted by Gasteiger charge is -2.35. The number of piperazine rings is 1. The fourth-order valence-corrected chi connectivity index (χ4v) is 4.52. The summed E-state index contributed by atoms with van der Waals surface area (Å²) in [6.45, 7) is 3.02. The number of ether oxygens (including phenoxy) is 1. The molecule has 2 aliphatic heterocycles. The topological polar surface area (TPSA) is 99.7 Å². The first-order valence-corrected chi connectivity index (χ1v) is 11.8. The van der Waals surface area contributed by atoms with Gasteiger partial charge in [0.2, 0.25) is 10.0 Å². The van der Waals surface area contributed by atoms with Gasteiger partial charge in [0, 0.05) is 33.2 Å². The fourth-order valence-electron chi connectivity index (χ4n) is 3.38. The van der Waals surface area contributed by atoms with E-state index in [0.29, 0.717) is 37.6 Å². The number of nitrogens with zero attached hydrogens (tertiary/aromatic N) is 4. The van der Waals surface area contributed by atoms with Crippen LogP contribution >= 0.6 is 12.6 Å². The molecule has 2 aliphatic rings. The maximum absolute atomic E-state index is 14.8. The molecule has 0 spiro atoms. The molecule has 0 unspecified atom stereocenters. The van der Waals surface area contributed by atoms with E-state index < -0.39 is 33.3 Å². The van der Waals surface area contributed by atoms with Gasteiger partial charge in [-0.05, 0) is 25.1 Å². The van der Waals surface area contributed by atoms with Crippen molar-refractivity contribution in [2.24, 2.45) is 0 Å². The van der Waals surface area contributed by atoms with Crippen molar-refractivity contribution < 1.29 is 32.0 Å². The molecule has 10 nitrogen and oxygen atoms in total. The van der Waals surface area contributed by atoms with Crippen molar-refractivity contribution >= 4 is 45.4 Å². The third-order valence-corrected chi connectivity index (χ3v) is 7.34. The van der Waals surface area contributed by atoms with Gasteiger partial charge in [0.15, 0.2) is 0 Å². The third kappa shape index (κ3) is 5.40. The summed E-state index contributed by atoms with van der Waals surface area (Å²) >= 11 is 3.62. The number of benzene rings is 1. The highest BCUT2D eigenvalue weighted by Crippen LogP contribution is 2.29. The standard InChI is InChI=1S/C18H25FN4O6S2/c1-3-31(26,27)22-8-6-21(7-9-22)16-5-4-13(10-15(16)19)23-11-14(29-17(23)24)12-28-20(2)18(25)30/h4-5,10,14H,3,6-9,11-12H2,1-2H3,(H,25,30)/t14-/m0/s1. The van der Waals surface area contributed by atoms with Crippen LogP contribution in [0.5, 0.6) is 0 Å². The van der Waals surface area contributed by atoms with Crippen LogP contribution in [0.4, 0.5) is 25.4 Å². The molecule has 0 aromatic heterocycles. The lowest BCUT2D eigenvalue weighted by molar-refractivity contribution is -0.113. The quantitative estimate of drug-likeness (QED) is 0.471. The van der Waals surface area contributed by atoms with Crippen molar-refractivity contribution in [2.75, 3.05) is 61.9 Å². The van der Waals surface area contributed by atoms with Gasteiger partial charge in [-0.1, -0.05) is 12.6 Å². The Morgan fingerprint density at radius 3 is 2.58 bits per heavy atom. The zero-order valence-corrected chi connectivity index (χ0v) is 18.9. The van der Waals surface area contributed by atoms with Crippen molar-refractivity contribution in [3.8, 4) is 0 Å². The molecule has 1 aromatic carbocycles. The number of thiol groups is 1. The summed E-state index contributed by atoms with van der Waals surface area (Å²) in [6.07, 6.45) is -1.27. The number of carbonyl (C=O) groups is 2. The molecule has 0 saturated carbocycles. The Hall–Kier alpha value is -2.09. The molecule has 2 saturated heterocycles. The summed E-state index contributed by atoms with van der Waals surface area (Å²) in [7, 11) is -1.88. The fraction of sp³-hybridized carbons (Fsp3) is 0.556. The van der Waals surface area contributed by atoms with Crippen LogP contribution in [0.2, 0.25) is 0 Å². The van der Waals surface area contributed by atoms with Crippen molar-refractivity contribution in [3.05, 3.63) is 24.0 Å². The van der Waals surface area contributed by atoms with E-state index in [9.17, 15) is 22.4 Å². The van der Waals surface area contributed by atoms with E-state index in [0.717, 1.165) is 5.06 Å². The number of sulfonamides is 1. The number of halogens is 1. The van der Waals surface area contributed by atoms with Crippen LogP contribution in [-0.4, -0.2) is 87.4 Å². The van der Waals surface area contributed by atoms with Gasteiger partial charge in [0.25, 0.3) is 0 Å². The van der Waals surface area contributed by atoms with Crippen molar-refractivity contribution in [1.29, 1.82) is 0 Å². The number of anilines is 2. The van der Waals surface area contributed by atoms with E-state index in [-0.39, 0.29) is 18.9 Å². The van der Waals surface area contributed by atoms with Gasteiger partial charge in [-0.15, -0.1) is 0 Å². The second-order valence-corrected chi connectivity index (χ2v) is 9.75. The number of hydrogen-bond acceptors (Lipinski definition) is 7. The Morgan fingerprint density at radius 2 is 2.00 bits per heavy atom. The first-order chi connectivity index (χ1) is 14.6. The Labute approximate surface area is 185 Å². The van der Waals surface area contributed by atoms with E-state index >= 15 is 0 Å². The van der Waals surface area contributed by atoms with E-state index in [1.54, 1.807) is 24.0 Å². The van der Waals surface area contributed by atoms with Gasteiger partial charge in [0.05, 0.1) is 23.7 Å². The SMILES string of the molecule is CCS(=O)(=O)N1CCN(c2ccc(N3C[C@@H](CON(C)C(=O)S)OC3=O)cc2F)CC1. The monoisotopic (exact) mass is 476 g/mol. The molecule has 0 N–H and O–H groups in total. The van der Waals surface area contributed by atoms with E-state index in [1.165, 1.54) is 22.3 Å². The summed E-state index contributed by atoms with van der Waals surface area (Å²) in [5.74, 6) is -0.480. The molecule has 172 valence electrons. The number of amides is 2. The molecule has 2 amide bonds. The van der Waals surface area contributed by atoms with Crippen LogP contribution in [0.3, 0.4) is 0 Å². The Kier molecular flexibility index (Phi) is 7.29. The summed E-state index contributed by atoms with van der Waals surface area (Å²) in [6, 6.07) is 4.43. The maximum Gasteiger partial charge on any atom is 0.414 e. The first kappa shape index (κ1) is 23.6. The molecule has 0 radical (unpaired) electrons. The number of rotatable bonds is 7. The van der Waals surface area contributed by atoms with Crippen LogP contribution in [0.25, 0.3) is 0 Å². The van der Waals surface area contributed by atoms with Crippen LogP contribution in [0.1, 0.15) is 6.92 Å². The lowest BCUT2D eigenvalue weighted by atomic mass is 10.2. The summed E-state index contributed by atoms with van der Waals surface area (Å²) < 4.78 is 45.4. The molecule has 1 atom stereocenters. The highest BCUT2D eigenvalue weighted by molar-refractivity contribution is 7.96. The average molecular weight is 477 g/mol. The van der Waals surface area contributed by atoms with Crippen LogP contribution < -0.4 is 9.80 Å². The normalized spacial score (nSPS) is 20.1. The minimum Gasteiger partial charge on any atom is -0.441 e. The minimum absolute atomic E-state index is 0.0370. The number of carbonyl (C=O) groups excluding carboxylic acids is 2. The molecular formula is C18H25FN4O6S2. The van der Waals surface area contributed by atoms with Gasteiger partial charge in [-0.3, -0.25) is 14.5 Å². The Bertz CT molecular complexity index is 939. The molecule has 3 rings (SSSR count). The van der Waals surface area contributed by atoms with Crippen molar-refractivity contribution in [3.63, 3.8) is 0 Å². The molecular weight excluding hydrogens is 451 g/mol. The second kappa shape index (κ2) is 9.59. The Balaban J connectivity index is 1.62. The van der Waals surface area contributed by atoms with Crippen LogP contribution in [-0.2, 0) is 19.6 Å². The summed E-state index contributed by atoms with van der Waals surface area (Å²) in [5, 5.41) is 0.325. The largest absolute Gasteiger partial charge is 0.441 e. The first-order valence-electron chi connectivity index (χ1n) is 9.72. The van der Waals surface area contributed by atoms with E-state index in [4.69, 9.17) is 9.57 Å². The van der Waals surface area contributed by atoms with E-state index in [1.807, 2.05) is 0 Å². The smallest absolute Gasteiger partial charge is 0.414 e. The molecule has 2 fully saturated rings. The van der Waals surface area contributed by atoms with Crippen molar-refractivity contribution in [1.82, 2.24) is 9.37 Å². The lowest BCUT2D eigenvalue weighted by Crippen LogP contribution is -2.49.